The fraction of sp³-hybridized carbons (Fsp3) is 0.214. The standard InChI is InChI=1S/C28H26N2O4/c1-17(2)20-9-11-22(12-10-20)29-26-25(21-7-4-18(3)5-8-21)27(31)30(28(26)32)15-19-6-13-23-24(14-19)34-16-33-23/h4-14,17,29H,15-16H2,1-3H3. The van der Waals surface area contributed by atoms with Crippen molar-refractivity contribution in [3.05, 3.63) is 94.7 Å². The molecule has 1 N–H and O–H groups in total. The van der Waals surface area contributed by atoms with E-state index in [1.54, 1.807) is 6.07 Å². The number of hydrogen-bond donors (Lipinski definition) is 1. The minimum Gasteiger partial charge on any atom is -0.454 e. The molecule has 0 saturated carbocycles. The zero-order chi connectivity index (χ0) is 23.8. The van der Waals surface area contributed by atoms with Crippen LogP contribution in [0.2, 0.25) is 0 Å². The Morgan fingerprint density at radius 2 is 1.59 bits per heavy atom. The van der Waals surface area contributed by atoms with Gasteiger partial charge < -0.3 is 14.8 Å². The first kappa shape index (κ1) is 21.8. The molecule has 3 aromatic carbocycles. The van der Waals surface area contributed by atoms with E-state index in [4.69, 9.17) is 9.47 Å². The molecular formula is C28H26N2O4. The van der Waals surface area contributed by atoms with Crippen LogP contribution in [-0.2, 0) is 16.1 Å². The predicted octanol–water partition coefficient (Wildman–Crippen LogP) is 5.24. The van der Waals surface area contributed by atoms with Crippen LogP contribution in [0.15, 0.2) is 72.4 Å². The van der Waals surface area contributed by atoms with E-state index in [1.165, 1.54) is 10.5 Å². The van der Waals surface area contributed by atoms with Gasteiger partial charge in [0.25, 0.3) is 11.8 Å². The molecule has 2 aliphatic rings. The van der Waals surface area contributed by atoms with E-state index < -0.39 is 0 Å². The second-order valence-electron chi connectivity index (χ2n) is 8.90. The average Bonchev–Trinajstić information content (AvgIpc) is 3.38. The zero-order valence-electron chi connectivity index (χ0n) is 19.4. The van der Waals surface area contributed by atoms with Gasteiger partial charge in [-0.2, -0.15) is 0 Å². The molecule has 0 radical (unpaired) electrons. The van der Waals surface area contributed by atoms with Crippen LogP contribution < -0.4 is 14.8 Å². The number of carbonyl (C=O) groups is 2. The summed E-state index contributed by atoms with van der Waals surface area (Å²) < 4.78 is 10.8. The number of rotatable bonds is 6. The molecule has 6 nitrogen and oxygen atoms in total. The van der Waals surface area contributed by atoms with Crippen molar-refractivity contribution in [2.75, 3.05) is 12.1 Å². The highest BCUT2D eigenvalue weighted by Gasteiger charge is 2.39. The number of benzene rings is 3. The van der Waals surface area contributed by atoms with Crippen LogP contribution in [0.25, 0.3) is 5.57 Å². The van der Waals surface area contributed by atoms with Crippen LogP contribution in [0.1, 0.15) is 42.0 Å². The van der Waals surface area contributed by atoms with Gasteiger partial charge in [0.15, 0.2) is 11.5 Å². The molecule has 0 unspecified atom stereocenters. The van der Waals surface area contributed by atoms with Gasteiger partial charge >= 0.3 is 0 Å². The van der Waals surface area contributed by atoms with Gasteiger partial charge in [0.05, 0.1) is 12.1 Å². The third-order valence-electron chi connectivity index (χ3n) is 6.13. The Morgan fingerprint density at radius 3 is 2.29 bits per heavy atom. The van der Waals surface area contributed by atoms with Gasteiger partial charge in [0.1, 0.15) is 5.70 Å². The quantitative estimate of drug-likeness (QED) is 0.516. The Labute approximate surface area is 198 Å². The van der Waals surface area contributed by atoms with Crippen LogP contribution >= 0.6 is 0 Å². The van der Waals surface area contributed by atoms with E-state index in [-0.39, 0.29) is 30.8 Å². The molecule has 2 amide bonds. The Hall–Kier alpha value is -4.06. The van der Waals surface area contributed by atoms with E-state index in [0.717, 1.165) is 16.8 Å². The number of aryl methyl sites for hydroxylation is 1. The lowest BCUT2D eigenvalue weighted by molar-refractivity contribution is -0.137. The molecule has 2 heterocycles. The third-order valence-corrected chi connectivity index (χ3v) is 6.13. The number of imide groups is 1. The Morgan fingerprint density at radius 1 is 0.882 bits per heavy atom. The molecule has 6 heteroatoms. The molecular weight excluding hydrogens is 428 g/mol. The SMILES string of the molecule is Cc1ccc(C2=C(Nc3ccc(C(C)C)cc3)C(=O)N(Cc3ccc4c(c3)OCO4)C2=O)cc1. The lowest BCUT2D eigenvalue weighted by atomic mass is 10.0. The second kappa shape index (κ2) is 8.71. The fourth-order valence-electron chi connectivity index (χ4n) is 4.14. The van der Waals surface area contributed by atoms with Crippen molar-refractivity contribution >= 4 is 23.1 Å². The fourth-order valence-corrected chi connectivity index (χ4v) is 4.14. The number of nitrogens with zero attached hydrogens (tertiary/aromatic N) is 1. The summed E-state index contributed by atoms with van der Waals surface area (Å²) in [4.78, 5) is 28.3. The van der Waals surface area contributed by atoms with Crippen molar-refractivity contribution in [2.24, 2.45) is 0 Å². The number of anilines is 1. The highest BCUT2D eigenvalue weighted by atomic mass is 16.7. The van der Waals surface area contributed by atoms with Gasteiger partial charge in [-0.3, -0.25) is 14.5 Å². The minimum atomic E-state index is -0.355. The molecule has 0 saturated heterocycles. The van der Waals surface area contributed by atoms with Crippen molar-refractivity contribution in [1.29, 1.82) is 0 Å². The van der Waals surface area contributed by atoms with Gasteiger partial charge in [0.2, 0.25) is 6.79 Å². The second-order valence-corrected chi connectivity index (χ2v) is 8.90. The van der Waals surface area contributed by atoms with Crippen molar-refractivity contribution in [1.82, 2.24) is 4.90 Å². The van der Waals surface area contributed by atoms with E-state index in [0.29, 0.717) is 28.6 Å². The Balaban J connectivity index is 1.48. The van der Waals surface area contributed by atoms with Crippen LogP contribution in [0.5, 0.6) is 11.5 Å². The minimum absolute atomic E-state index is 0.140. The van der Waals surface area contributed by atoms with Gasteiger partial charge in [-0.15, -0.1) is 0 Å². The summed E-state index contributed by atoms with van der Waals surface area (Å²) in [5.74, 6) is 1.00. The Bertz CT molecular complexity index is 1290. The van der Waals surface area contributed by atoms with Gasteiger partial charge in [-0.05, 0) is 53.8 Å². The van der Waals surface area contributed by atoms with E-state index >= 15 is 0 Å². The maximum Gasteiger partial charge on any atom is 0.278 e. The van der Waals surface area contributed by atoms with E-state index in [9.17, 15) is 9.59 Å². The molecule has 0 aliphatic carbocycles. The molecule has 0 aromatic heterocycles. The highest BCUT2D eigenvalue weighted by Crippen LogP contribution is 2.35. The van der Waals surface area contributed by atoms with Gasteiger partial charge in [-0.1, -0.05) is 61.9 Å². The topological polar surface area (TPSA) is 67.9 Å². The molecule has 0 spiro atoms. The van der Waals surface area contributed by atoms with Crippen molar-refractivity contribution in [3.63, 3.8) is 0 Å². The number of hydrogen-bond acceptors (Lipinski definition) is 5. The first-order valence-electron chi connectivity index (χ1n) is 11.3. The molecule has 3 aromatic rings. The predicted molar refractivity (Wildman–Crippen MR) is 130 cm³/mol. The summed E-state index contributed by atoms with van der Waals surface area (Å²) in [5.41, 5.74) is 5.20. The number of nitrogens with one attached hydrogen (secondary N) is 1. The molecule has 0 atom stereocenters. The summed E-state index contributed by atoms with van der Waals surface area (Å²) in [7, 11) is 0. The maximum absolute atomic E-state index is 13.5. The molecule has 34 heavy (non-hydrogen) atoms. The van der Waals surface area contributed by atoms with Crippen LogP contribution in [-0.4, -0.2) is 23.5 Å². The first-order chi connectivity index (χ1) is 16.4. The lowest BCUT2D eigenvalue weighted by Crippen LogP contribution is -2.32. The smallest absolute Gasteiger partial charge is 0.278 e. The summed E-state index contributed by atoms with van der Waals surface area (Å²) in [5, 5.41) is 3.23. The molecule has 5 rings (SSSR count). The molecule has 172 valence electrons. The summed E-state index contributed by atoms with van der Waals surface area (Å²) >= 11 is 0. The number of carbonyl (C=O) groups excluding carboxylic acids is 2. The van der Waals surface area contributed by atoms with Crippen LogP contribution in [0.3, 0.4) is 0 Å². The van der Waals surface area contributed by atoms with Crippen LogP contribution in [0, 0.1) is 6.92 Å². The largest absolute Gasteiger partial charge is 0.454 e. The summed E-state index contributed by atoms with van der Waals surface area (Å²) in [6, 6.07) is 21.0. The van der Waals surface area contributed by atoms with Crippen LogP contribution in [0.4, 0.5) is 5.69 Å². The number of fused-ring (bicyclic) bond motifs is 1. The average molecular weight is 455 g/mol. The zero-order valence-corrected chi connectivity index (χ0v) is 19.4. The third kappa shape index (κ3) is 4.03. The maximum atomic E-state index is 13.5. The van der Waals surface area contributed by atoms with Gasteiger partial charge in [0, 0.05) is 5.69 Å². The summed E-state index contributed by atoms with van der Waals surface area (Å²) in [6.45, 7) is 6.56. The molecule has 0 bridgehead atoms. The monoisotopic (exact) mass is 454 g/mol. The lowest BCUT2D eigenvalue weighted by Gasteiger charge is -2.16. The first-order valence-corrected chi connectivity index (χ1v) is 11.3. The highest BCUT2D eigenvalue weighted by molar-refractivity contribution is 6.36. The number of ether oxygens (including phenoxy) is 2. The van der Waals surface area contributed by atoms with Crippen molar-refractivity contribution in [3.8, 4) is 11.5 Å². The van der Waals surface area contributed by atoms with Crippen molar-refractivity contribution in [2.45, 2.75) is 33.2 Å². The molecule has 2 aliphatic heterocycles. The van der Waals surface area contributed by atoms with Gasteiger partial charge in [-0.25, -0.2) is 0 Å². The van der Waals surface area contributed by atoms with E-state index in [2.05, 4.69) is 19.2 Å². The van der Waals surface area contributed by atoms with Crippen molar-refractivity contribution < 1.29 is 19.1 Å². The summed E-state index contributed by atoms with van der Waals surface area (Å²) in [6.07, 6.45) is 0. The Kier molecular flexibility index (Phi) is 5.57. The molecule has 0 fully saturated rings. The normalized spacial score (nSPS) is 15.0. The van der Waals surface area contributed by atoms with E-state index in [1.807, 2.05) is 67.6 Å². The number of amides is 2.